The van der Waals surface area contributed by atoms with E-state index in [4.69, 9.17) is 24.5 Å². The number of hydrogen-bond donors (Lipinski definition) is 1. The van der Waals surface area contributed by atoms with Crippen molar-refractivity contribution < 1.29 is 38.4 Å². The van der Waals surface area contributed by atoms with Crippen LogP contribution in [0.5, 0.6) is 0 Å². The molecule has 3 heterocycles. The van der Waals surface area contributed by atoms with Gasteiger partial charge >= 0.3 is 12.1 Å². The van der Waals surface area contributed by atoms with Crippen molar-refractivity contribution >= 4 is 17.8 Å². The first-order valence-electron chi connectivity index (χ1n) is 16.9. The molecule has 3 rings (SSSR count). The molecule has 14 heteroatoms. The van der Waals surface area contributed by atoms with E-state index < -0.39 is 60.1 Å². The van der Waals surface area contributed by atoms with Crippen LogP contribution in [0.1, 0.15) is 74.1 Å². The van der Waals surface area contributed by atoms with E-state index in [1.54, 1.807) is 18.7 Å². The van der Waals surface area contributed by atoms with Gasteiger partial charge in [0.05, 0.1) is 18.2 Å². The summed E-state index contributed by atoms with van der Waals surface area (Å²) >= 11 is 0. The molecule has 47 heavy (non-hydrogen) atoms. The number of esters is 1. The van der Waals surface area contributed by atoms with E-state index in [0.29, 0.717) is 45.3 Å². The minimum Gasteiger partial charge on any atom is -0.458 e. The summed E-state index contributed by atoms with van der Waals surface area (Å²) in [7, 11) is 5.74. The van der Waals surface area contributed by atoms with Gasteiger partial charge in [-0.2, -0.15) is 0 Å². The number of carbonyl (C=O) groups excluding carboxylic acids is 3. The number of likely N-dealkylation sites (N-methyl/N-ethyl adjacent to an activating group) is 2. The predicted octanol–water partition coefficient (Wildman–Crippen LogP) is 3.91. The van der Waals surface area contributed by atoms with Gasteiger partial charge in [-0.1, -0.05) is 25.0 Å². The summed E-state index contributed by atoms with van der Waals surface area (Å²) in [6, 6.07) is -0.942. The predicted molar refractivity (Wildman–Crippen MR) is 175 cm³/mol. The Balaban J connectivity index is 2.02. The number of nitrogens with zero attached hydrogens (tertiary/aromatic N) is 6. The van der Waals surface area contributed by atoms with Gasteiger partial charge < -0.3 is 29.0 Å². The van der Waals surface area contributed by atoms with Gasteiger partial charge in [0.15, 0.2) is 17.7 Å². The quantitative estimate of drug-likeness (QED) is 0.0726. The zero-order chi connectivity index (χ0) is 35.2. The molecule has 0 aromatic heterocycles. The number of hydrogen-bond acceptors (Lipinski definition) is 11. The lowest BCUT2D eigenvalue weighted by atomic mass is 9.83. The number of carbonyl (C=O) groups is 3. The molecule has 2 saturated heterocycles. The molecule has 0 bridgehead atoms. The fraction of sp³-hybridized carbons (Fsp3) is 0.848. The molecular weight excluding hydrogens is 608 g/mol. The first kappa shape index (κ1) is 38.7. The molecule has 0 saturated carbocycles. The molecule has 0 aromatic carbocycles. The molecular formula is C33H56N6O8. The van der Waals surface area contributed by atoms with Crippen LogP contribution in [0.3, 0.4) is 0 Å². The minimum atomic E-state index is -1.20. The number of amides is 1. The third kappa shape index (κ3) is 8.65. The van der Waals surface area contributed by atoms with E-state index in [1.807, 2.05) is 59.8 Å². The third-order valence-electron chi connectivity index (χ3n) is 10.2. The van der Waals surface area contributed by atoms with Crippen molar-refractivity contribution in [2.24, 2.45) is 17.0 Å². The van der Waals surface area contributed by atoms with Crippen LogP contribution in [0.15, 0.2) is 16.8 Å². The van der Waals surface area contributed by atoms with Crippen molar-refractivity contribution in [2.45, 2.75) is 129 Å². The standard InChI is InChI=1S/C33H56N6O8/c1-11-25-33(7)29(39(32(43)47-33)16-13-12-15-35-36-34)23(6)38(10)17-14-19(2)28(21(4)26(40)22(5)30(42)45-25)46-31-27(41)24(37(8)9)18-20(3)44-31/h14,20-25,27-29,31,41H,11-13,15-18H2,1-10H3/b19-14+/t20?,21-,22+,23+,24?,25+,27?,28-,29+,31-,33+/m0/s1. The Morgan fingerprint density at radius 2 is 1.87 bits per heavy atom. The third-order valence-corrected chi connectivity index (χ3v) is 10.2. The highest BCUT2D eigenvalue weighted by Crippen LogP contribution is 2.39. The number of rotatable bonds is 9. The van der Waals surface area contributed by atoms with Crippen LogP contribution in [0, 0.1) is 11.8 Å². The van der Waals surface area contributed by atoms with Crippen molar-refractivity contribution in [3.05, 3.63) is 22.1 Å². The van der Waals surface area contributed by atoms with E-state index in [9.17, 15) is 19.5 Å². The Hall–Kier alpha value is -2.74. The molecule has 0 aromatic rings. The number of aliphatic hydroxyl groups is 1. The maximum atomic E-state index is 13.9. The molecule has 2 fully saturated rings. The van der Waals surface area contributed by atoms with Gasteiger partial charge in [0.1, 0.15) is 18.1 Å². The van der Waals surface area contributed by atoms with Gasteiger partial charge in [0, 0.05) is 42.5 Å². The summed E-state index contributed by atoms with van der Waals surface area (Å²) in [5.74, 6) is -2.96. The molecule has 11 atom stereocenters. The molecule has 0 aliphatic carbocycles. The number of Topliss-reactive ketones (excluding diaryl/α,β-unsaturated/α-hetero) is 1. The van der Waals surface area contributed by atoms with E-state index in [2.05, 4.69) is 14.9 Å². The normalized spacial score (nSPS) is 38.9. The van der Waals surface area contributed by atoms with E-state index in [-0.39, 0.29) is 24.0 Å². The summed E-state index contributed by atoms with van der Waals surface area (Å²) in [5.41, 5.74) is 8.18. The number of cyclic esters (lactones) is 1. The Morgan fingerprint density at radius 1 is 1.19 bits per heavy atom. The summed E-state index contributed by atoms with van der Waals surface area (Å²) < 4.78 is 24.6. The molecule has 266 valence electrons. The number of ether oxygens (including phenoxy) is 4. The fourth-order valence-corrected chi connectivity index (χ4v) is 7.20. The highest BCUT2D eigenvalue weighted by Gasteiger charge is 2.59. The number of azide groups is 1. The van der Waals surface area contributed by atoms with Gasteiger partial charge in [-0.05, 0) is 92.5 Å². The number of unbranched alkanes of at least 4 members (excludes halogenated alkanes) is 1. The van der Waals surface area contributed by atoms with Crippen LogP contribution in [0.4, 0.5) is 4.79 Å². The maximum Gasteiger partial charge on any atom is 0.410 e. The van der Waals surface area contributed by atoms with Crippen LogP contribution in [-0.2, 0) is 28.5 Å². The van der Waals surface area contributed by atoms with Gasteiger partial charge in [0.2, 0.25) is 0 Å². The monoisotopic (exact) mass is 664 g/mol. The van der Waals surface area contributed by atoms with Crippen molar-refractivity contribution in [3.8, 4) is 0 Å². The van der Waals surface area contributed by atoms with E-state index in [0.717, 1.165) is 5.57 Å². The molecule has 14 nitrogen and oxygen atoms in total. The zero-order valence-corrected chi connectivity index (χ0v) is 29.8. The van der Waals surface area contributed by atoms with Gasteiger partial charge in [-0.3, -0.25) is 19.4 Å². The molecule has 0 spiro atoms. The minimum absolute atomic E-state index is 0.177. The second-order valence-corrected chi connectivity index (χ2v) is 13.9. The smallest absolute Gasteiger partial charge is 0.410 e. The van der Waals surface area contributed by atoms with Crippen LogP contribution in [0.25, 0.3) is 10.4 Å². The molecule has 3 aliphatic rings. The summed E-state index contributed by atoms with van der Waals surface area (Å²) in [5, 5.41) is 14.8. The fourth-order valence-electron chi connectivity index (χ4n) is 7.20. The van der Waals surface area contributed by atoms with Crippen molar-refractivity contribution in [2.75, 3.05) is 40.8 Å². The number of ketones is 1. The molecule has 3 unspecified atom stereocenters. The molecule has 1 amide bonds. The van der Waals surface area contributed by atoms with Gasteiger partial charge in [-0.15, -0.1) is 0 Å². The van der Waals surface area contributed by atoms with Crippen LogP contribution in [-0.4, -0.2) is 133 Å². The average Bonchev–Trinajstić information content (AvgIpc) is 3.29. The second-order valence-electron chi connectivity index (χ2n) is 13.9. The molecule has 0 radical (unpaired) electrons. The van der Waals surface area contributed by atoms with Gasteiger partial charge in [0.25, 0.3) is 0 Å². The lowest BCUT2D eigenvalue weighted by molar-refractivity contribution is -0.267. The lowest BCUT2D eigenvalue weighted by Gasteiger charge is -2.43. The van der Waals surface area contributed by atoms with Crippen LogP contribution >= 0.6 is 0 Å². The van der Waals surface area contributed by atoms with E-state index >= 15 is 0 Å². The summed E-state index contributed by atoms with van der Waals surface area (Å²) in [6.07, 6.45) is -0.0484. The van der Waals surface area contributed by atoms with Crippen molar-refractivity contribution in [3.63, 3.8) is 0 Å². The Kier molecular flexibility index (Phi) is 13.7. The highest BCUT2D eigenvalue weighted by atomic mass is 16.7. The first-order chi connectivity index (χ1) is 22.1. The van der Waals surface area contributed by atoms with E-state index in [1.165, 1.54) is 6.92 Å². The van der Waals surface area contributed by atoms with Crippen LogP contribution < -0.4 is 0 Å². The van der Waals surface area contributed by atoms with Crippen LogP contribution in [0.2, 0.25) is 0 Å². The number of fused-ring (bicyclic) bond motifs is 1. The summed E-state index contributed by atoms with van der Waals surface area (Å²) in [4.78, 5) is 49.5. The average molecular weight is 665 g/mol. The van der Waals surface area contributed by atoms with Gasteiger partial charge in [-0.25, -0.2) is 4.79 Å². The topological polar surface area (TPSA) is 167 Å². The Labute approximate surface area is 279 Å². The summed E-state index contributed by atoms with van der Waals surface area (Å²) in [6.45, 7) is 13.9. The molecule has 3 aliphatic heterocycles. The number of aliphatic hydroxyl groups excluding tert-OH is 1. The SMILES string of the molecule is CC[C@H]1OC(=O)[C@H](C)C(=O)[C@H](C)[C@@H](O[C@@H]2OC(C)CC(N(C)C)C2O)/C(C)=C/CN(C)[C@H](C)[C@H]2N(CCCCN=[N+]=[N-])C(=O)O[C@]12C. The highest BCUT2D eigenvalue weighted by molar-refractivity contribution is 6.00. The Morgan fingerprint density at radius 3 is 2.49 bits per heavy atom. The Bertz CT molecular complexity index is 1190. The second kappa shape index (κ2) is 16.6. The zero-order valence-electron chi connectivity index (χ0n) is 29.8. The lowest BCUT2D eigenvalue weighted by Crippen LogP contribution is -2.61. The maximum absolute atomic E-state index is 13.9. The molecule has 1 N–H and O–H groups in total. The first-order valence-corrected chi connectivity index (χ1v) is 16.9. The van der Waals surface area contributed by atoms with Crippen molar-refractivity contribution in [1.29, 1.82) is 0 Å². The largest absolute Gasteiger partial charge is 0.458 e. The van der Waals surface area contributed by atoms with Crippen molar-refractivity contribution in [1.82, 2.24) is 14.7 Å².